The number of halogens is 7. The van der Waals surface area contributed by atoms with Crippen molar-refractivity contribution in [3.63, 3.8) is 0 Å². The Bertz CT molecular complexity index is 4730. The third kappa shape index (κ3) is 9.41. The Labute approximate surface area is 453 Å². The van der Waals surface area contributed by atoms with Crippen molar-refractivity contribution < 1.29 is 35.8 Å². The normalized spacial score (nSPS) is 12.1. The van der Waals surface area contributed by atoms with E-state index in [2.05, 4.69) is 61.8 Å². The third-order valence-electron chi connectivity index (χ3n) is 13.9. The van der Waals surface area contributed by atoms with Gasteiger partial charge in [-0.2, -0.15) is 15.8 Å². The van der Waals surface area contributed by atoms with Gasteiger partial charge in [0.05, 0.1) is 34.9 Å². The smallest absolute Gasteiger partial charge is 0.406 e. The highest BCUT2D eigenvalue weighted by Crippen LogP contribution is 2.42. The monoisotopic (exact) mass is 1110 g/mol. The van der Waals surface area contributed by atoms with Crippen LogP contribution < -0.4 is 30.8 Å². The van der Waals surface area contributed by atoms with Crippen LogP contribution in [-0.4, -0.2) is 12.7 Å². The molecule has 7 nitrogen and oxygen atoms in total. The average Bonchev–Trinajstić information content (AvgIpc) is 4.18. The Morgan fingerprint density at radius 1 is 0.392 bits per heavy atom. The molecule has 0 amide bonds. The molecule has 0 bridgehead atoms. The highest BCUT2D eigenvalue weighted by molar-refractivity contribution is 9.10. The van der Waals surface area contributed by atoms with E-state index < -0.39 is 23.9 Å². The topological polar surface area (TPSA) is 124 Å². The van der Waals surface area contributed by atoms with E-state index in [1.165, 1.54) is 24.3 Å². The molecule has 79 heavy (non-hydrogen) atoms. The largest absolute Gasteiger partial charge is 0.573 e. The Kier molecular flexibility index (Phi) is 12.8. The van der Waals surface area contributed by atoms with Crippen molar-refractivity contribution in [1.29, 1.82) is 15.8 Å². The first kappa shape index (κ1) is 51.3. The molecule has 0 saturated carbocycles. The van der Waals surface area contributed by atoms with Crippen LogP contribution in [0.25, 0.3) is 76.5 Å². The molecule has 2 aliphatic carbocycles. The van der Waals surface area contributed by atoms with Crippen LogP contribution in [0, 0.1) is 47.8 Å². The summed E-state index contributed by atoms with van der Waals surface area (Å²) >= 11 is 3.27. The molecular weight excluding hydrogens is 1080 g/mol. The quantitative estimate of drug-likeness (QED) is 0.161. The summed E-state index contributed by atoms with van der Waals surface area (Å²) in [7, 11) is 0. The summed E-state index contributed by atoms with van der Waals surface area (Å²) in [6.45, 7) is 3.92. The number of ether oxygens (including phenoxy) is 2. The fourth-order valence-corrected chi connectivity index (χ4v) is 10.9. The molecule has 13 rings (SSSR count). The first-order chi connectivity index (χ1) is 37.8. The third-order valence-corrected chi connectivity index (χ3v) is 14.5. The summed E-state index contributed by atoms with van der Waals surface area (Å²) < 4.78 is 86.5. The SMILES string of the molecule is Cc1ccc2c(c1)C(c1ccc(C#N)cc1)=c1c-2ccc2c1=C(c1ccc(C#N)cc1)c1cc(OC(F)(F)F)ccc1-2.Cc1ccc2c(c1)c(=O)c1c2ccc2c3ccc(OC(F)(F)F)cc3c(=O)c21.N#Cc1ccc(Br)cc1. The summed E-state index contributed by atoms with van der Waals surface area (Å²) in [5.41, 5.74) is 12.0. The molecule has 11 aromatic carbocycles. The van der Waals surface area contributed by atoms with Crippen LogP contribution in [0.3, 0.4) is 0 Å². The maximum atomic E-state index is 13.2. The van der Waals surface area contributed by atoms with Crippen LogP contribution in [0.5, 0.6) is 11.5 Å². The second-order valence-corrected chi connectivity index (χ2v) is 19.8. The number of nitrogens with zero attached hydrogens (tertiary/aromatic N) is 3. The van der Waals surface area contributed by atoms with Gasteiger partial charge in [-0.1, -0.05) is 112 Å². The fraction of sp³-hybridized carbons (Fsp3) is 0.0615. The zero-order valence-electron chi connectivity index (χ0n) is 41.3. The molecule has 2 aliphatic rings. The van der Waals surface area contributed by atoms with Crippen molar-refractivity contribution in [2.45, 2.75) is 26.6 Å². The molecule has 14 heteroatoms. The first-order valence-corrected chi connectivity index (χ1v) is 25.0. The Balaban J connectivity index is 0.000000152. The highest BCUT2D eigenvalue weighted by atomic mass is 79.9. The second kappa shape index (κ2) is 19.6. The number of rotatable bonds is 4. The van der Waals surface area contributed by atoms with Crippen LogP contribution in [-0.2, 0) is 0 Å². The van der Waals surface area contributed by atoms with Crippen molar-refractivity contribution in [2.24, 2.45) is 0 Å². The Morgan fingerprint density at radius 2 is 0.759 bits per heavy atom. The number of aryl methyl sites for hydroxylation is 2. The maximum absolute atomic E-state index is 13.2. The Morgan fingerprint density at radius 3 is 1.24 bits per heavy atom. The minimum absolute atomic E-state index is 0.102. The summed E-state index contributed by atoms with van der Waals surface area (Å²) in [5, 5.41) is 32.7. The molecule has 382 valence electrons. The van der Waals surface area contributed by atoms with Gasteiger partial charge in [-0.05, 0) is 186 Å². The average molecular weight is 1110 g/mol. The lowest BCUT2D eigenvalue weighted by Gasteiger charge is -2.12. The molecule has 0 N–H and O–H groups in total. The number of hydrogen-bond donors (Lipinski definition) is 0. The van der Waals surface area contributed by atoms with Crippen LogP contribution in [0.4, 0.5) is 26.3 Å². The van der Waals surface area contributed by atoms with Gasteiger partial charge in [0.1, 0.15) is 11.5 Å². The molecule has 0 heterocycles. The molecule has 11 aromatic rings. The van der Waals surface area contributed by atoms with Crippen molar-refractivity contribution in [2.75, 3.05) is 0 Å². The van der Waals surface area contributed by atoms with E-state index in [0.29, 0.717) is 49.2 Å². The molecule has 0 atom stereocenters. The van der Waals surface area contributed by atoms with Gasteiger partial charge in [0.15, 0.2) is 10.9 Å². The molecular formula is C65H34BrF6N3O4. The highest BCUT2D eigenvalue weighted by Gasteiger charge is 2.34. The molecule has 0 radical (unpaired) electrons. The number of nitriles is 3. The second-order valence-electron chi connectivity index (χ2n) is 18.8. The van der Waals surface area contributed by atoms with E-state index in [1.54, 1.807) is 60.7 Å². The predicted octanol–water partition coefficient (Wildman–Crippen LogP) is 14.5. The van der Waals surface area contributed by atoms with Crippen molar-refractivity contribution in [3.05, 3.63) is 255 Å². The number of hydrogen-bond acceptors (Lipinski definition) is 7. The van der Waals surface area contributed by atoms with Crippen LogP contribution in [0.15, 0.2) is 184 Å². The van der Waals surface area contributed by atoms with Crippen molar-refractivity contribution >= 4 is 70.2 Å². The molecule has 0 aliphatic heterocycles. The molecule has 0 fully saturated rings. The van der Waals surface area contributed by atoms with Gasteiger partial charge in [-0.15, -0.1) is 26.3 Å². The van der Waals surface area contributed by atoms with Crippen LogP contribution >= 0.6 is 15.9 Å². The summed E-state index contributed by atoms with van der Waals surface area (Å²) in [5.74, 6) is -0.763. The zero-order chi connectivity index (χ0) is 55.7. The molecule has 0 spiro atoms. The van der Waals surface area contributed by atoms with E-state index in [0.717, 1.165) is 87.6 Å². The summed E-state index contributed by atoms with van der Waals surface area (Å²) in [6.07, 6.45) is -9.68. The minimum atomic E-state index is -4.85. The summed E-state index contributed by atoms with van der Waals surface area (Å²) in [6, 6.07) is 55.7. The molecule has 0 aromatic heterocycles. The number of fused-ring (bicyclic) bond motifs is 14. The Hall–Kier alpha value is -9.81. The van der Waals surface area contributed by atoms with Gasteiger partial charge < -0.3 is 9.47 Å². The van der Waals surface area contributed by atoms with Crippen LogP contribution in [0.2, 0.25) is 0 Å². The van der Waals surface area contributed by atoms with Gasteiger partial charge in [0, 0.05) is 26.0 Å². The van der Waals surface area contributed by atoms with E-state index in [-0.39, 0.29) is 22.0 Å². The van der Waals surface area contributed by atoms with Gasteiger partial charge >= 0.3 is 12.7 Å². The lowest BCUT2D eigenvalue weighted by molar-refractivity contribution is -0.275. The lowest BCUT2D eigenvalue weighted by Crippen LogP contribution is -2.30. The van der Waals surface area contributed by atoms with Crippen molar-refractivity contribution in [3.8, 4) is 52.0 Å². The van der Waals surface area contributed by atoms with E-state index in [9.17, 15) is 46.5 Å². The summed E-state index contributed by atoms with van der Waals surface area (Å²) in [4.78, 5) is 26.1. The lowest BCUT2D eigenvalue weighted by atomic mass is 9.94. The van der Waals surface area contributed by atoms with E-state index in [4.69, 9.17) is 5.26 Å². The standard InChI is InChI=1S/C36H19F3N2O.C22H11F3O3.C7H4BrN/c1-20-2-12-26-28-14-15-29-27-13-11-25(42-36(37,38)39)17-31(27)33(24-9-5-22(19-41)6-10-24)35(29)34(28)32(30(26)16-20)23-7-3-21(18-40)4-8-23;1-10-2-4-12-14-6-7-15-13-5-3-11(28-22(23,24)25)9-17(13)21(27)19(15)18(14)20(26)16(12)8-10;8-7-3-1-6(5-9)2-4-7/h2-17H,1H3;2-9H,1H3;1-4H. The predicted molar refractivity (Wildman–Crippen MR) is 295 cm³/mol. The number of benzene rings is 9. The van der Waals surface area contributed by atoms with Crippen molar-refractivity contribution in [1.82, 2.24) is 0 Å². The van der Waals surface area contributed by atoms with E-state index >= 15 is 0 Å². The van der Waals surface area contributed by atoms with E-state index in [1.807, 2.05) is 74.5 Å². The van der Waals surface area contributed by atoms with Gasteiger partial charge in [0.2, 0.25) is 0 Å². The molecule has 0 saturated heterocycles. The van der Waals surface area contributed by atoms with Gasteiger partial charge in [0.25, 0.3) is 0 Å². The minimum Gasteiger partial charge on any atom is -0.406 e. The maximum Gasteiger partial charge on any atom is 0.573 e. The molecule has 0 unspecified atom stereocenters. The number of alkyl halides is 6. The van der Waals surface area contributed by atoms with Gasteiger partial charge in [-0.25, -0.2) is 0 Å². The first-order valence-electron chi connectivity index (χ1n) is 24.2. The zero-order valence-corrected chi connectivity index (χ0v) is 42.9. The fourth-order valence-electron chi connectivity index (χ4n) is 10.7. The van der Waals surface area contributed by atoms with Crippen LogP contribution in [0.1, 0.15) is 50.1 Å². The van der Waals surface area contributed by atoms with Gasteiger partial charge in [-0.3, -0.25) is 9.59 Å².